The van der Waals surface area contributed by atoms with Crippen LogP contribution in [0.15, 0.2) is 35.1 Å². The van der Waals surface area contributed by atoms with E-state index in [0.717, 1.165) is 30.4 Å². The van der Waals surface area contributed by atoms with Crippen molar-refractivity contribution in [3.63, 3.8) is 0 Å². The molecule has 0 N–H and O–H groups in total. The van der Waals surface area contributed by atoms with Gasteiger partial charge in [0.25, 0.3) is 11.5 Å². The summed E-state index contributed by atoms with van der Waals surface area (Å²) in [5, 5.41) is 0.842. The molecule has 0 radical (unpaired) electrons. The maximum atomic E-state index is 12.3. The van der Waals surface area contributed by atoms with Gasteiger partial charge in [-0.05, 0) is 30.9 Å². The number of likely N-dealkylation sites (tertiary alicyclic amines) is 1. The minimum Gasteiger partial charge on any atom is -0.483 e. The van der Waals surface area contributed by atoms with Crippen LogP contribution < -0.4 is 10.3 Å². The van der Waals surface area contributed by atoms with Crippen molar-refractivity contribution in [1.29, 1.82) is 0 Å². The van der Waals surface area contributed by atoms with Crippen molar-refractivity contribution in [2.75, 3.05) is 19.7 Å². The zero-order chi connectivity index (χ0) is 16.4. The molecule has 2 aromatic rings. The Bertz CT molecular complexity index is 781. The second-order valence-corrected chi connectivity index (χ2v) is 6.30. The third-order valence-corrected chi connectivity index (χ3v) is 4.48. The second-order valence-electron chi connectivity index (χ2n) is 6.30. The molecular formula is C18H22N2O3. The highest BCUT2D eigenvalue weighted by molar-refractivity contribution is 5.86. The molecule has 1 unspecified atom stereocenters. The van der Waals surface area contributed by atoms with Gasteiger partial charge in [0.1, 0.15) is 5.75 Å². The van der Waals surface area contributed by atoms with Crippen LogP contribution in [0.1, 0.15) is 19.8 Å². The molecule has 1 aromatic carbocycles. The van der Waals surface area contributed by atoms with E-state index in [-0.39, 0.29) is 18.1 Å². The fourth-order valence-corrected chi connectivity index (χ4v) is 3.15. The van der Waals surface area contributed by atoms with E-state index in [1.54, 1.807) is 11.6 Å². The molecule has 1 saturated heterocycles. The maximum Gasteiger partial charge on any atom is 0.260 e. The number of para-hydroxylation sites is 1. The van der Waals surface area contributed by atoms with Crippen molar-refractivity contribution in [3.8, 4) is 5.75 Å². The molecule has 0 saturated carbocycles. The van der Waals surface area contributed by atoms with E-state index in [1.807, 2.05) is 29.2 Å². The van der Waals surface area contributed by atoms with Gasteiger partial charge in [-0.25, -0.2) is 0 Å². The summed E-state index contributed by atoms with van der Waals surface area (Å²) in [6.07, 6.45) is 2.21. The number of hydrogen-bond acceptors (Lipinski definition) is 3. The van der Waals surface area contributed by atoms with Crippen molar-refractivity contribution in [2.45, 2.75) is 19.8 Å². The molecule has 1 aromatic heterocycles. The maximum absolute atomic E-state index is 12.3. The summed E-state index contributed by atoms with van der Waals surface area (Å²) in [5.74, 6) is 1.00. The Balaban J connectivity index is 1.78. The van der Waals surface area contributed by atoms with Crippen LogP contribution in [0.2, 0.25) is 0 Å². The zero-order valence-electron chi connectivity index (χ0n) is 13.6. The van der Waals surface area contributed by atoms with Gasteiger partial charge >= 0.3 is 0 Å². The SMILES string of the molecule is CC1CCCN(C(=O)COc2cc(=O)n(C)c3ccccc23)C1. The predicted molar refractivity (Wildman–Crippen MR) is 89.7 cm³/mol. The van der Waals surface area contributed by atoms with Gasteiger partial charge in [-0.15, -0.1) is 0 Å². The van der Waals surface area contributed by atoms with E-state index in [1.165, 1.54) is 12.5 Å². The third kappa shape index (κ3) is 3.23. The van der Waals surface area contributed by atoms with E-state index in [0.29, 0.717) is 11.7 Å². The number of nitrogens with zero attached hydrogens (tertiary/aromatic N) is 2. The number of carbonyl (C=O) groups is 1. The molecular weight excluding hydrogens is 292 g/mol. The largest absolute Gasteiger partial charge is 0.483 e. The Labute approximate surface area is 135 Å². The molecule has 1 fully saturated rings. The Morgan fingerprint density at radius 1 is 1.35 bits per heavy atom. The molecule has 5 heteroatoms. The number of aryl methyl sites for hydroxylation is 1. The van der Waals surface area contributed by atoms with Crippen molar-refractivity contribution in [2.24, 2.45) is 13.0 Å². The average molecular weight is 314 g/mol. The number of piperidine rings is 1. The van der Waals surface area contributed by atoms with Crippen LogP contribution in [-0.2, 0) is 11.8 Å². The van der Waals surface area contributed by atoms with E-state index in [9.17, 15) is 9.59 Å². The van der Waals surface area contributed by atoms with E-state index in [2.05, 4.69) is 6.92 Å². The van der Waals surface area contributed by atoms with Gasteiger partial charge in [0.2, 0.25) is 0 Å². The molecule has 1 aliphatic heterocycles. The van der Waals surface area contributed by atoms with Crippen molar-refractivity contribution < 1.29 is 9.53 Å². The lowest BCUT2D eigenvalue weighted by atomic mass is 10.0. The molecule has 2 heterocycles. The summed E-state index contributed by atoms with van der Waals surface area (Å²) in [7, 11) is 1.73. The Hall–Kier alpha value is -2.30. The van der Waals surface area contributed by atoms with Crippen molar-refractivity contribution in [3.05, 3.63) is 40.7 Å². The molecule has 0 aliphatic carbocycles. The van der Waals surface area contributed by atoms with Gasteiger partial charge in [-0.3, -0.25) is 9.59 Å². The number of aromatic nitrogens is 1. The first-order valence-electron chi connectivity index (χ1n) is 8.05. The van der Waals surface area contributed by atoms with E-state index in [4.69, 9.17) is 4.74 Å². The summed E-state index contributed by atoms with van der Waals surface area (Å²) in [4.78, 5) is 26.2. The minimum atomic E-state index is -0.141. The molecule has 0 bridgehead atoms. The highest BCUT2D eigenvalue weighted by Gasteiger charge is 2.21. The fourth-order valence-electron chi connectivity index (χ4n) is 3.15. The topological polar surface area (TPSA) is 51.5 Å². The second kappa shape index (κ2) is 6.44. The number of benzene rings is 1. The average Bonchev–Trinajstić information content (AvgIpc) is 2.56. The van der Waals surface area contributed by atoms with Crippen LogP contribution >= 0.6 is 0 Å². The Kier molecular flexibility index (Phi) is 4.37. The van der Waals surface area contributed by atoms with Crippen molar-refractivity contribution in [1.82, 2.24) is 9.47 Å². The molecule has 1 amide bonds. The van der Waals surface area contributed by atoms with Gasteiger partial charge < -0.3 is 14.2 Å². The molecule has 122 valence electrons. The highest BCUT2D eigenvalue weighted by Crippen LogP contribution is 2.23. The lowest BCUT2D eigenvalue weighted by Crippen LogP contribution is -2.41. The molecule has 3 rings (SSSR count). The third-order valence-electron chi connectivity index (χ3n) is 4.48. The Morgan fingerprint density at radius 3 is 2.91 bits per heavy atom. The predicted octanol–water partition coefficient (Wildman–Crippen LogP) is 2.18. The first kappa shape index (κ1) is 15.6. The summed E-state index contributed by atoms with van der Waals surface area (Å²) >= 11 is 0. The number of pyridine rings is 1. The van der Waals surface area contributed by atoms with Gasteiger partial charge in [-0.2, -0.15) is 0 Å². The first-order chi connectivity index (χ1) is 11.1. The number of hydrogen-bond donors (Lipinski definition) is 0. The number of carbonyl (C=O) groups excluding carboxylic acids is 1. The van der Waals surface area contributed by atoms with E-state index >= 15 is 0 Å². The number of amides is 1. The normalized spacial score (nSPS) is 18.2. The molecule has 5 nitrogen and oxygen atoms in total. The standard InChI is InChI=1S/C18H22N2O3/c1-13-6-5-9-20(11-13)18(22)12-23-16-10-17(21)19(2)15-8-4-3-7-14(15)16/h3-4,7-8,10,13H,5-6,9,11-12H2,1-2H3. The van der Waals surface area contributed by atoms with Gasteiger partial charge in [0.15, 0.2) is 6.61 Å². The summed E-state index contributed by atoms with van der Waals surface area (Å²) in [5.41, 5.74) is 0.659. The van der Waals surface area contributed by atoms with Gasteiger partial charge in [-0.1, -0.05) is 19.1 Å². The van der Waals surface area contributed by atoms with Gasteiger partial charge in [0, 0.05) is 31.6 Å². The van der Waals surface area contributed by atoms with Crippen LogP contribution in [0.3, 0.4) is 0 Å². The summed E-state index contributed by atoms with van der Waals surface area (Å²) in [6.45, 7) is 3.72. The Morgan fingerprint density at radius 2 is 2.13 bits per heavy atom. The summed E-state index contributed by atoms with van der Waals surface area (Å²) in [6, 6.07) is 9.00. The minimum absolute atomic E-state index is 0.0127. The molecule has 1 aliphatic rings. The number of fused-ring (bicyclic) bond motifs is 1. The van der Waals surface area contributed by atoms with Crippen molar-refractivity contribution >= 4 is 16.8 Å². The first-order valence-corrected chi connectivity index (χ1v) is 8.05. The van der Waals surface area contributed by atoms with Crippen LogP contribution in [0.4, 0.5) is 0 Å². The fraction of sp³-hybridized carbons (Fsp3) is 0.444. The number of rotatable bonds is 3. The number of ether oxygens (including phenoxy) is 1. The lowest BCUT2D eigenvalue weighted by molar-refractivity contribution is -0.135. The zero-order valence-corrected chi connectivity index (χ0v) is 13.6. The quantitative estimate of drug-likeness (QED) is 0.872. The van der Waals surface area contributed by atoms with Crippen LogP contribution in [0.5, 0.6) is 5.75 Å². The summed E-state index contributed by atoms with van der Waals surface area (Å²) < 4.78 is 7.28. The van der Waals surface area contributed by atoms with Crippen LogP contribution in [0, 0.1) is 5.92 Å². The van der Waals surface area contributed by atoms with E-state index < -0.39 is 0 Å². The van der Waals surface area contributed by atoms with Crippen LogP contribution in [-0.4, -0.2) is 35.1 Å². The van der Waals surface area contributed by atoms with Crippen LogP contribution in [0.25, 0.3) is 10.9 Å². The molecule has 1 atom stereocenters. The van der Waals surface area contributed by atoms with Gasteiger partial charge in [0.05, 0.1) is 5.52 Å². The highest BCUT2D eigenvalue weighted by atomic mass is 16.5. The monoisotopic (exact) mass is 314 g/mol. The lowest BCUT2D eigenvalue weighted by Gasteiger charge is -2.30. The molecule has 23 heavy (non-hydrogen) atoms. The molecule has 0 spiro atoms. The smallest absolute Gasteiger partial charge is 0.260 e.